The van der Waals surface area contributed by atoms with Crippen LogP contribution in [0.15, 0.2) is 42.0 Å². The maximum Gasteiger partial charge on any atom is 0.334 e. The Morgan fingerprint density at radius 2 is 1.50 bits per heavy atom. The molecule has 2 rings (SSSR count). The Morgan fingerprint density at radius 1 is 0.865 bits per heavy atom. The number of rotatable bonds is 6. The number of ether oxygens (including phenoxy) is 2. The summed E-state index contributed by atoms with van der Waals surface area (Å²) in [4.78, 5) is 95.9. The van der Waals surface area contributed by atoms with Crippen LogP contribution in [0.25, 0.3) is 0 Å². The molecule has 5 amide bonds. The van der Waals surface area contributed by atoms with E-state index >= 15 is 0 Å². The topological polar surface area (TPSA) is 181 Å². The van der Waals surface area contributed by atoms with Crippen LogP contribution in [0.5, 0.6) is 0 Å². The van der Waals surface area contributed by atoms with E-state index in [4.69, 9.17) is 9.47 Å². The summed E-state index contributed by atoms with van der Waals surface area (Å²) in [6.07, 6.45) is 2.02. The number of likely N-dealkylation sites (N-methyl/N-ethyl adjacent to an activating group) is 2. The quantitative estimate of drug-likeness (QED) is 0.371. The fraction of sp³-hybridized carbons (Fsp3) is 0.605. The number of nitrogens with zero attached hydrogens (tertiary/aromatic N) is 2. The smallest absolute Gasteiger partial charge is 0.334 e. The lowest BCUT2D eigenvalue weighted by atomic mass is 9.98. The number of hydrogen-bond acceptors (Lipinski definition) is 9. The molecule has 0 fully saturated rings. The molecule has 14 nitrogen and oxygen atoms in total. The molecule has 0 saturated heterocycles. The van der Waals surface area contributed by atoms with Crippen molar-refractivity contribution in [3.63, 3.8) is 0 Å². The van der Waals surface area contributed by atoms with Crippen LogP contribution in [-0.4, -0.2) is 109 Å². The second kappa shape index (κ2) is 20.9. The molecule has 0 bridgehead atoms. The van der Waals surface area contributed by atoms with Crippen molar-refractivity contribution < 1.29 is 43.0 Å². The fourth-order valence-electron chi connectivity index (χ4n) is 5.53. The molecular weight excluding hydrogens is 670 g/mol. The molecule has 1 heterocycles. The van der Waals surface area contributed by atoms with Gasteiger partial charge in [0, 0.05) is 26.1 Å². The van der Waals surface area contributed by atoms with E-state index in [0.29, 0.717) is 19.3 Å². The number of hydrogen-bond donors (Lipinski definition) is 3. The molecule has 0 radical (unpaired) electrons. The van der Waals surface area contributed by atoms with Gasteiger partial charge >= 0.3 is 11.9 Å². The van der Waals surface area contributed by atoms with Crippen LogP contribution in [0, 0.1) is 11.8 Å². The van der Waals surface area contributed by atoms with Gasteiger partial charge in [0.1, 0.15) is 24.2 Å². The maximum absolute atomic E-state index is 14.0. The number of esters is 2. The minimum absolute atomic E-state index is 0.0216. The Kier molecular flexibility index (Phi) is 17.5. The van der Waals surface area contributed by atoms with Crippen LogP contribution < -0.4 is 16.0 Å². The molecule has 0 saturated carbocycles. The highest BCUT2D eigenvalue weighted by atomic mass is 16.5. The maximum atomic E-state index is 14.0. The van der Waals surface area contributed by atoms with Crippen LogP contribution in [0.1, 0.15) is 79.7 Å². The van der Waals surface area contributed by atoms with E-state index in [1.54, 1.807) is 32.1 Å². The normalized spacial score (nSPS) is 26.2. The van der Waals surface area contributed by atoms with E-state index in [0.717, 1.165) is 5.56 Å². The van der Waals surface area contributed by atoms with Crippen LogP contribution in [0.4, 0.5) is 0 Å². The third-order valence-corrected chi connectivity index (χ3v) is 8.98. The number of carbonyl (C=O) groups excluding carboxylic acids is 7. The van der Waals surface area contributed by atoms with E-state index in [1.807, 2.05) is 39.0 Å². The van der Waals surface area contributed by atoms with Crippen molar-refractivity contribution in [1.82, 2.24) is 25.8 Å². The van der Waals surface area contributed by atoms with E-state index in [9.17, 15) is 33.6 Å². The monoisotopic (exact) mass is 727 g/mol. The first kappa shape index (κ1) is 43.4. The third-order valence-electron chi connectivity index (χ3n) is 8.98. The third kappa shape index (κ3) is 13.4. The largest absolute Gasteiger partial charge is 0.464 e. The second-order valence-electron chi connectivity index (χ2n) is 14.0. The van der Waals surface area contributed by atoms with Gasteiger partial charge in [-0.25, -0.2) is 9.59 Å². The molecule has 288 valence electrons. The second-order valence-corrected chi connectivity index (χ2v) is 14.0. The lowest BCUT2D eigenvalue weighted by Crippen LogP contribution is -2.57. The van der Waals surface area contributed by atoms with Gasteiger partial charge in [0.05, 0.1) is 13.2 Å². The number of carbonyl (C=O) groups is 7. The van der Waals surface area contributed by atoms with E-state index in [-0.39, 0.29) is 36.9 Å². The summed E-state index contributed by atoms with van der Waals surface area (Å²) in [6.45, 7) is 11.5. The molecule has 1 aliphatic rings. The number of allylic oxidation sites excluding steroid dienone is 1. The molecular formula is C38H57N5O9. The first-order chi connectivity index (χ1) is 24.5. The van der Waals surface area contributed by atoms with Gasteiger partial charge in [0.25, 0.3) is 5.91 Å². The van der Waals surface area contributed by atoms with Crippen molar-refractivity contribution in [2.24, 2.45) is 11.8 Å². The van der Waals surface area contributed by atoms with E-state index in [1.165, 1.54) is 37.7 Å². The lowest BCUT2D eigenvalue weighted by Gasteiger charge is -2.33. The van der Waals surface area contributed by atoms with Crippen molar-refractivity contribution in [3.05, 3.63) is 47.5 Å². The van der Waals surface area contributed by atoms with Crippen molar-refractivity contribution in [3.8, 4) is 0 Å². The van der Waals surface area contributed by atoms with Crippen LogP contribution >= 0.6 is 0 Å². The molecule has 6 atom stereocenters. The summed E-state index contributed by atoms with van der Waals surface area (Å²) in [7, 11) is 2.87. The minimum Gasteiger partial charge on any atom is -0.464 e. The van der Waals surface area contributed by atoms with Crippen molar-refractivity contribution in [2.75, 3.05) is 27.2 Å². The summed E-state index contributed by atoms with van der Waals surface area (Å²) < 4.78 is 10.9. The Hall–Kier alpha value is -4.75. The van der Waals surface area contributed by atoms with E-state index < -0.39 is 78.3 Å². The summed E-state index contributed by atoms with van der Waals surface area (Å²) in [5.74, 6) is -4.68. The number of cyclic esters (lactones) is 2. The van der Waals surface area contributed by atoms with Crippen LogP contribution in [0.2, 0.25) is 0 Å². The number of benzene rings is 1. The molecule has 2 unspecified atom stereocenters. The van der Waals surface area contributed by atoms with Crippen molar-refractivity contribution in [2.45, 2.75) is 111 Å². The SMILES string of the molecule is CCC(C)C1NC(=O)CN(C)C(=O)[C@@H](Cc2ccccc2)N(C)C(=O)[C@H](C)NC(=O)[C@@H](CC(C)C)OC(=O)/C(C)=C/CCCOC(=O)[C@@H](C)NC1=O. The number of nitrogens with one attached hydrogen (secondary N) is 3. The van der Waals surface area contributed by atoms with Gasteiger partial charge in [-0.2, -0.15) is 0 Å². The molecule has 52 heavy (non-hydrogen) atoms. The lowest BCUT2D eigenvalue weighted by molar-refractivity contribution is -0.154. The van der Waals surface area contributed by atoms with Gasteiger partial charge in [-0.3, -0.25) is 24.0 Å². The Labute approximate surface area is 307 Å². The summed E-state index contributed by atoms with van der Waals surface area (Å²) in [5.41, 5.74) is 1.01. The molecule has 1 aromatic rings. The highest BCUT2D eigenvalue weighted by molar-refractivity contribution is 5.96. The Bertz CT molecular complexity index is 1450. The zero-order valence-corrected chi connectivity index (χ0v) is 32.0. The summed E-state index contributed by atoms with van der Waals surface area (Å²) in [6, 6.07) is 4.86. The predicted octanol–water partition coefficient (Wildman–Crippen LogP) is 2.30. The van der Waals surface area contributed by atoms with Gasteiger partial charge in [0.15, 0.2) is 6.10 Å². The standard InChI is InChI=1S/C38H57N5O9/c1-10-24(4)32-34(46)40-27(7)38(50)51-19-15-14-16-25(5)37(49)52-30(20-23(2)3)33(45)39-26(6)35(47)43(9)29(21-28-17-12-11-13-18-28)36(48)42(8)22-31(44)41-32/h11-13,16-18,23-24,26-27,29-30,32H,10,14-15,19-22H2,1-9H3,(H,39,45)(H,40,46)(H,41,44)/b25-16+/t24?,26-,27+,29+,30+,32?/m0/s1. The Morgan fingerprint density at radius 3 is 2.12 bits per heavy atom. The fourth-order valence-corrected chi connectivity index (χ4v) is 5.53. The van der Waals surface area contributed by atoms with Gasteiger partial charge in [0.2, 0.25) is 23.6 Å². The molecule has 0 spiro atoms. The molecule has 3 N–H and O–H groups in total. The molecule has 1 aliphatic heterocycles. The zero-order chi connectivity index (χ0) is 39.1. The summed E-state index contributed by atoms with van der Waals surface area (Å²) in [5, 5.41) is 7.98. The molecule has 14 heteroatoms. The first-order valence-corrected chi connectivity index (χ1v) is 18.0. The van der Waals surface area contributed by atoms with Gasteiger partial charge in [-0.15, -0.1) is 0 Å². The highest BCUT2D eigenvalue weighted by Gasteiger charge is 2.35. The average molecular weight is 728 g/mol. The van der Waals surface area contributed by atoms with Gasteiger partial charge < -0.3 is 35.2 Å². The van der Waals surface area contributed by atoms with Crippen molar-refractivity contribution >= 4 is 41.5 Å². The zero-order valence-electron chi connectivity index (χ0n) is 32.0. The molecule has 1 aromatic carbocycles. The number of amides is 5. The molecule has 0 aliphatic carbocycles. The predicted molar refractivity (Wildman–Crippen MR) is 194 cm³/mol. The average Bonchev–Trinajstić information content (AvgIpc) is 3.10. The first-order valence-electron chi connectivity index (χ1n) is 18.0. The summed E-state index contributed by atoms with van der Waals surface area (Å²) >= 11 is 0. The minimum atomic E-state index is -1.19. The van der Waals surface area contributed by atoms with Crippen molar-refractivity contribution in [1.29, 1.82) is 0 Å². The van der Waals surface area contributed by atoms with Crippen LogP contribution in [0.3, 0.4) is 0 Å². The Balaban J connectivity index is 2.48. The van der Waals surface area contributed by atoms with Gasteiger partial charge in [-0.05, 0) is 57.4 Å². The highest BCUT2D eigenvalue weighted by Crippen LogP contribution is 2.16. The van der Waals surface area contributed by atoms with Crippen LogP contribution in [-0.2, 0) is 49.5 Å². The van der Waals surface area contributed by atoms with Gasteiger partial charge in [-0.1, -0.05) is 70.5 Å². The molecule has 0 aromatic heterocycles. The van der Waals surface area contributed by atoms with E-state index in [2.05, 4.69) is 16.0 Å².